The van der Waals surface area contributed by atoms with Gasteiger partial charge in [0.15, 0.2) is 0 Å². The van der Waals surface area contributed by atoms with Crippen molar-refractivity contribution in [3.63, 3.8) is 0 Å². The Morgan fingerprint density at radius 2 is 2.11 bits per heavy atom. The van der Waals surface area contributed by atoms with Crippen LogP contribution < -0.4 is 5.32 Å². The quantitative estimate of drug-likeness (QED) is 0.762. The van der Waals surface area contributed by atoms with Crippen LogP contribution in [0.5, 0.6) is 0 Å². The molecule has 1 aromatic carbocycles. The monoisotopic (exact) mass is 244 g/mol. The minimum atomic E-state index is -0.284. The molecule has 1 N–H and O–H groups in total. The second kappa shape index (κ2) is 3.83. The summed E-state index contributed by atoms with van der Waals surface area (Å²) in [6, 6.07) is 5.92. The van der Waals surface area contributed by atoms with Gasteiger partial charge in [0.05, 0.1) is 11.8 Å². The van der Waals surface area contributed by atoms with Crippen LogP contribution in [-0.2, 0) is 9.59 Å². The third-order valence-electron chi connectivity index (χ3n) is 3.97. The fourth-order valence-electron chi connectivity index (χ4n) is 3.06. The Hall–Kier alpha value is -1.84. The number of imide groups is 1. The van der Waals surface area contributed by atoms with Crippen LogP contribution in [0.3, 0.4) is 0 Å². The number of benzene rings is 1. The number of aryl methyl sites for hydroxylation is 1. The van der Waals surface area contributed by atoms with Crippen molar-refractivity contribution >= 4 is 17.5 Å². The maximum atomic E-state index is 12.3. The molecule has 0 bridgehead atoms. The molecule has 2 aliphatic heterocycles. The van der Waals surface area contributed by atoms with E-state index in [2.05, 4.69) is 5.32 Å². The van der Waals surface area contributed by atoms with Gasteiger partial charge in [0.2, 0.25) is 11.8 Å². The number of rotatable bonds is 1. The molecule has 2 aliphatic rings. The van der Waals surface area contributed by atoms with Crippen LogP contribution in [0, 0.1) is 12.8 Å². The number of amides is 2. The summed E-state index contributed by atoms with van der Waals surface area (Å²) in [4.78, 5) is 25.9. The lowest BCUT2D eigenvalue weighted by Gasteiger charge is -2.27. The molecule has 2 atom stereocenters. The molecule has 1 fully saturated rings. The Morgan fingerprint density at radius 1 is 1.33 bits per heavy atom. The van der Waals surface area contributed by atoms with Gasteiger partial charge in [0.1, 0.15) is 0 Å². The van der Waals surface area contributed by atoms with E-state index in [0.29, 0.717) is 13.1 Å². The lowest BCUT2D eigenvalue weighted by molar-refractivity contribution is -0.139. The standard InChI is InChI=1S/C14H16N2O2/c1-3-16-13(17)10-7-15-12-8(2)5-4-6-9(12)11(10)14(16)18/h4-6,10-11,15H,3,7H2,1-2H3/t10-,11+/m0/s1. The second-order valence-electron chi connectivity index (χ2n) is 4.92. The Kier molecular flexibility index (Phi) is 2.40. The summed E-state index contributed by atoms with van der Waals surface area (Å²) in [5, 5.41) is 3.30. The zero-order chi connectivity index (χ0) is 12.9. The van der Waals surface area contributed by atoms with Crippen LogP contribution in [-0.4, -0.2) is 29.8 Å². The van der Waals surface area contributed by atoms with E-state index in [1.54, 1.807) is 0 Å². The van der Waals surface area contributed by atoms with E-state index in [9.17, 15) is 9.59 Å². The number of carbonyl (C=O) groups is 2. The van der Waals surface area contributed by atoms with Crippen molar-refractivity contribution in [1.82, 2.24) is 4.90 Å². The van der Waals surface area contributed by atoms with Gasteiger partial charge in [0, 0.05) is 18.8 Å². The first-order chi connectivity index (χ1) is 8.65. The minimum absolute atomic E-state index is 0.0350. The maximum Gasteiger partial charge on any atom is 0.237 e. The molecular formula is C14H16N2O2. The number of hydrogen-bond acceptors (Lipinski definition) is 3. The number of likely N-dealkylation sites (N-methyl/N-ethyl adjacent to an activating group) is 1. The van der Waals surface area contributed by atoms with Crippen molar-refractivity contribution in [3.8, 4) is 0 Å². The highest BCUT2D eigenvalue weighted by Gasteiger charge is 2.49. The Bertz CT molecular complexity index is 539. The van der Waals surface area contributed by atoms with Crippen LogP contribution in [0.25, 0.3) is 0 Å². The van der Waals surface area contributed by atoms with E-state index in [1.807, 2.05) is 32.0 Å². The highest BCUT2D eigenvalue weighted by atomic mass is 16.2. The fourth-order valence-corrected chi connectivity index (χ4v) is 3.06. The van der Waals surface area contributed by atoms with Gasteiger partial charge < -0.3 is 5.32 Å². The maximum absolute atomic E-state index is 12.3. The summed E-state index contributed by atoms with van der Waals surface area (Å²) in [6.45, 7) is 4.89. The first kappa shape index (κ1) is 11.3. The molecule has 4 heteroatoms. The zero-order valence-electron chi connectivity index (χ0n) is 10.6. The van der Waals surface area contributed by atoms with Gasteiger partial charge in [0.25, 0.3) is 0 Å². The molecule has 0 unspecified atom stereocenters. The molecule has 1 saturated heterocycles. The predicted octanol–water partition coefficient (Wildman–Crippen LogP) is 1.51. The van der Waals surface area contributed by atoms with Gasteiger partial charge in [-0.15, -0.1) is 0 Å². The molecule has 2 amide bonds. The smallest absolute Gasteiger partial charge is 0.237 e. The fraction of sp³-hybridized carbons (Fsp3) is 0.429. The van der Waals surface area contributed by atoms with Gasteiger partial charge in [-0.05, 0) is 25.0 Å². The Balaban J connectivity index is 2.12. The van der Waals surface area contributed by atoms with E-state index < -0.39 is 0 Å². The SMILES string of the molecule is CCN1C(=O)[C@H]2CNc3c(C)cccc3[C@H]2C1=O. The molecule has 0 saturated carbocycles. The highest BCUT2D eigenvalue weighted by Crippen LogP contribution is 2.42. The van der Waals surface area contributed by atoms with Gasteiger partial charge in [-0.2, -0.15) is 0 Å². The van der Waals surface area contributed by atoms with Gasteiger partial charge in [-0.25, -0.2) is 0 Å². The van der Waals surface area contributed by atoms with E-state index in [0.717, 1.165) is 16.8 Å². The molecule has 0 radical (unpaired) electrons. The van der Waals surface area contributed by atoms with Crippen molar-refractivity contribution in [2.45, 2.75) is 19.8 Å². The summed E-state index contributed by atoms with van der Waals surface area (Å²) in [6.07, 6.45) is 0. The summed E-state index contributed by atoms with van der Waals surface area (Å²) in [7, 11) is 0. The van der Waals surface area contributed by atoms with Crippen molar-refractivity contribution in [3.05, 3.63) is 29.3 Å². The zero-order valence-corrected chi connectivity index (χ0v) is 10.6. The number of nitrogens with one attached hydrogen (secondary N) is 1. The number of likely N-dealkylation sites (tertiary alicyclic amines) is 1. The Morgan fingerprint density at radius 3 is 2.83 bits per heavy atom. The van der Waals surface area contributed by atoms with E-state index in [1.165, 1.54) is 4.90 Å². The largest absolute Gasteiger partial charge is 0.384 e. The predicted molar refractivity (Wildman–Crippen MR) is 68.3 cm³/mol. The minimum Gasteiger partial charge on any atom is -0.384 e. The van der Waals surface area contributed by atoms with Crippen LogP contribution in [0.15, 0.2) is 18.2 Å². The first-order valence-electron chi connectivity index (χ1n) is 6.33. The molecule has 1 aromatic rings. The normalized spacial score (nSPS) is 25.8. The second-order valence-corrected chi connectivity index (χ2v) is 4.92. The lowest BCUT2D eigenvalue weighted by Crippen LogP contribution is -2.32. The van der Waals surface area contributed by atoms with Gasteiger partial charge in [-0.3, -0.25) is 14.5 Å². The third kappa shape index (κ3) is 1.32. The molecule has 94 valence electrons. The lowest BCUT2D eigenvalue weighted by atomic mass is 9.83. The summed E-state index contributed by atoms with van der Waals surface area (Å²) in [5.74, 6) is -0.589. The third-order valence-corrected chi connectivity index (χ3v) is 3.97. The van der Waals surface area contributed by atoms with Crippen LogP contribution >= 0.6 is 0 Å². The highest BCUT2D eigenvalue weighted by molar-refractivity contribution is 6.09. The first-order valence-corrected chi connectivity index (χ1v) is 6.33. The number of hydrogen-bond donors (Lipinski definition) is 1. The number of anilines is 1. The van der Waals surface area contributed by atoms with E-state index in [-0.39, 0.29) is 23.7 Å². The number of para-hydroxylation sites is 1. The average molecular weight is 244 g/mol. The molecule has 0 aliphatic carbocycles. The number of fused-ring (bicyclic) bond motifs is 3. The van der Waals surface area contributed by atoms with Crippen molar-refractivity contribution < 1.29 is 9.59 Å². The Labute approximate surface area is 106 Å². The topological polar surface area (TPSA) is 49.4 Å². The number of nitrogens with zero attached hydrogens (tertiary/aromatic N) is 1. The summed E-state index contributed by atoms with van der Waals surface area (Å²) in [5.41, 5.74) is 3.12. The van der Waals surface area contributed by atoms with Gasteiger partial charge in [-0.1, -0.05) is 18.2 Å². The molecule has 3 rings (SSSR count). The van der Waals surface area contributed by atoms with Crippen molar-refractivity contribution in [2.75, 3.05) is 18.4 Å². The van der Waals surface area contributed by atoms with Crippen LogP contribution in [0.1, 0.15) is 24.0 Å². The van der Waals surface area contributed by atoms with E-state index in [4.69, 9.17) is 0 Å². The molecule has 18 heavy (non-hydrogen) atoms. The van der Waals surface area contributed by atoms with Crippen molar-refractivity contribution in [1.29, 1.82) is 0 Å². The average Bonchev–Trinajstić information content (AvgIpc) is 2.62. The molecule has 0 spiro atoms. The molecular weight excluding hydrogens is 228 g/mol. The summed E-state index contributed by atoms with van der Waals surface area (Å²) < 4.78 is 0. The van der Waals surface area contributed by atoms with E-state index >= 15 is 0 Å². The number of carbonyl (C=O) groups excluding carboxylic acids is 2. The van der Waals surface area contributed by atoms with Crippen molar-refractivity contribution in [2.24, 2.45) is 5.92 Å². The van der Waals surface area contributed by atoms with Gasteiger partial charge >= 0.3 is 0 Å². The molecule has 0 aromatic heterocycles. The molecule has 4 nitrogen and oxygen atoms in total. The van der Waals surface area contributed by atoms with Crippen LogP contribution in [0.2, 0.25) is 0 Å². The summed E-state index contributed by atoms with van der Waals surface area (Å²) >= 11 is 0. The van der Waals surface area contributed by atoms with Crippen LogP contribution in [0.4, 0.5) is 5.69 Å². The molecule has 2 heterocycles.